The summed E-state index contributed by atoms with van der Waals surface area (Å²) in [6, 6.07) is 9.12. The highest BCUT2D eigenvalue weighted by Gasteiger charge is 2.17. The molecular weight excluding hydrogens is 394 g/mol. The summed E-state index contributed by atoms with van der Waals surface area (Å²) in [4.78, 5) is 30.1. The topological polar surface area (TPSA) is 64.0 Å². The molecule has 1 N–H and O–H groups in total. The number of amides is 1. The van der Waals surface area contributed by atoms with Crippen LogP contribution in [0.3, 0.4) is 0 Å². The number of hydrogen-bond donors (Lipinski definition) is 1. The number of nitrogens with zero attached hydrogens (tertiary/aromatic N) is 2. The Morgan fingerprint density at radius 1 is 1.23 bits per heavy atom. The molecule has 3 aromatic rings. The van der Waals surface area contributed by atoms with E-state index in [1.165, 1.54) is 0 Å². The highest BCUT2D eigenvalue weighted by Crippen LogP contribution is 2.21. The Morgan fingerprint density at radius 3 is 2.69 bits per heavy atom. The summed E-state index contributed by atoms with van der Waals surface area (Å²) in [7, 11) is 0. The monoisotopic (exact) mass is 413 g/mol. The van der Waals surface area contributed by atoms with Crippen molar-refractivity contribution >= 4 is 38.6 Å². The van der Waals surface area contributed by atoms with Crippen molar-refractivity contribution in [3.8, 4) is 0 Å². The Bertz CT molecular complexity index is 1060. The van der Waals surface area contributed by atoms with Crippen molar-refractivity contribution in [2.24, 2.45) is 0 Å². The van der Waals surface area contributed by atoms with E-state index in [1.54, 1.807) is 18.3 Å². The van der Waals surface area contributed by atoms with Gasteiger partial charge in [0.25, 0.3) is 5.91 Å². The smallest absolute Gasteiger partial charge is 0.261 e. The second-order valence-corrected chi connectivity index (χ2v) is 7.22. The van der Waals surface area contributed by atoms with Crippen LogP contribution in [-0.2, 0) is 6.54 Å². The highest BCUT2D eigenvalue weighted by molar-refractivity contribution is 9.10. The van der Waals surface area contributed by atoms with Crippen LogP contribution in [0.1, 0.15) is 35.0 Å². The van der Waals surface area contributed by atoms with E-state index >= 15 is 0 Å². The number of rotatable bonds is 4. The van der Waals surface area contributed by atoms with E-state index in [-0.39, 0.29) is 11.0 Å². The van der Waals surface area contributed by atoms with E-state index in [0.717, 1.165) is 22.2 Å². The van der Waals surface area contributed by atoms with Crippen LogP contribution < -0.4 is 10.7 Å². The van der Waals surface area contributed by atoms with Crippen molar-refractivity contribution in [2.75, 3.05) is 5.32 Å². The van der Waals surface area contributed by atoms with Gasteiger partial charge in [-0.15, -0.1) is 0 Å². The number of aromatic nitrogens is 2. The van der Waals surface area contributed by atoms with Crippen molar-refractivity contribution in [1.82, 2.24) is 9.55 Å². The van der Waals surface area contributed by atoms with E-state index in [1.807, 2.05) is 43.5 Å². The number of carbonyl (C=O) groups excluding carboxylic acids is 1. The predicted octanol–water partition coefficient (Wildman–Crippen LogP) is 4.44. The fourth-order valence-electron chi connectivity index (χ4n) is 2.89. The van der Waals surface area contributed by atoms with Gasteiger partial charge in [-0.3, -0.25) is 9.59 Å². The number of benzene rings is 1. The first-order valence-corrected chi connectivity index (χ1v) is 9.28. The Morgan fingerprint density at radius 2 is 2.00 bits per heavy atom. The molecule has 0 unspecified atom stereocenters. The lowest BCUT2D eigenvalue weighted by atomic mass is 10.1. The number of halogens is 1. The Kier molecular flexibility index (Phi) is 5.23. The van der Waals surface area contributed by atoms with E-state index in [4.69, 9.17) is 0 Å². The normalized spacial score (nSPS) is 10.9. The second kappa shape index (κ2) is 7.41. The summed E-state index contributed by atoms with van der Waals surface area (Å²) >= 11 is 3.41. The van der Waals surface area contributed by atoms with Gasteiger partial charge in [-0.1, -0.05) is 22.9 Å². The third-order valence-corrected chi connectivity index (χ3v) is 4.70. The lowest BCUT2D eigenvalue weighted by molar-refractivity contribution is 0.102. The summed E-state index contributed by atoms with van der Waals surface area (Å²) in [5, 5.41) is 3.31. The van der Waals surface area contributed by atoms with Crippen LogP contribution >= 0.6 is 15.9 Å². The number of pyridine rings is 2. The van der Waals surface area contributed by atoms with Crippen LogP contribution in [0.5, 0.6) is 0 Å². The number of carbonyl (C=O) groups is 1. The molecule has 0 radical (unpaired) electrons. The Balaban J connectivity index is 2.09. The zero-order valence-corrected chi connectivity index (χ0v) is 16.6. The van der Waals surface area contributed by atoms with Gasteiger partial charge in [0.1, 0.15) is 11.2 Å². The molecule has 3 rings (SSSR count). The van der Waals surface area contributed by atoms with Gasteiger partial charge in [0, 0.05) is 28.6 Å². The van der Waals surface area contributed by atoms with Crippen molar-refractivity contribution in [2.45, 2.75) is 33.7 Å². The first-order valence-electron chi connectivity index (χ1n) is 8.49. The fraction of sp³-hybridized carbons (Fsp3) is 0.250. The SMILES string of the molecule is CCCn1cc(C(=O)Nc2ccc(Br)cc2C)c(=O)c2ccc(C)nc21. The number of anilines is 1. The summed E-state index contributed by atoms with van der Waals surface area (Å²) < 4.78 is 2.82. The maximum atomic E-state index is 12.8. The van der Waals surface area contributed by atoms with Crippen LogP contribution in [0, 0.1) is 13.8 Å². The number of aryl methyl sites for hydroxylation is 3. The number of hydrogen-bond acceptors (Lipinski definition) is 3. The van der Waals surface area contributed by atoms with Crippen molar-refractivity contribution < 1.29 is 4.79 Å². The molecule has 1 aromatic carbocycles. The van der Waals surface area contributed by atoms with Gasteiger partial charge in [0.2, 0.25) is 5.43 Å². The summed E-state index contributed by atoms with van der Waals surface area (Å²) in [5.41, 5.74) is 2.88. The molecule has 0 saturated carbocycles. The molecule has 2 heterocycles. The minimum absolute atomic E-state index is 0.124. The minimum Gasteiger partial charge on any atom is -0.331 e. The van der Waals surface area contributed by atoms with Crippen LogP contribution in [0.2, 0.25) is 0 Å². The third-order valence-electron chi connectivity index (χ3n) is 4.21. The number of fused-ring (bicyclic) bond motifs is 1. The molecule has 0 aliphatic carbocycles. The van der Waals surface area contributed by atoms with Crippen molar-refractivity contribution in [3.63, 3.8) is 0 Å². The Hall–Kier alpha value is -2.47. The zero-order valence-electron chi connectivity index (χ0n) is 15.0. The first kappa shape index (κ1) is 18.3. The lowest BCUT2D eigenvalue weighted by Gasteiger charge is -2.13. The molecule has 1 amide bonds. The maximum Gasteiger partial charge on any atom is 0.261 e. The first-order chi connectivity index (χ1) is 12.4. The maximum absolute atomic E-state index is 12.8. The number of nitrogens with one attached hydrogen (secondary N) is 1. The predicted molar refractivity (Wildman–Crippen MR) is 108 cm³/mol. The quantitative estimate of drug-likeness (QED) is 0.687. The molecule has 0 aliphatic heterocycles. The van der Waals surface area contributed by atoms with Gasteiger partial charge in [0.15, 0.2) is 0 Å². The zero-order chi connectivity index (χ0) is 18.8. The van der Waals surface area contributed by atoms with Crippen LogP contribution in [0.15, 0.2) is 45.8 Å². The van der Waals surface area contributed by atoms with E-state index in [0.29, 0.717) is 23.3 Å². The molecule has 0 bridgehead atoms. The van der Waals surface area contributed by atoms with Crippen LogP contribution in [0.25, 0.3) is 11.0 Å². The lowest BCUT2D eigenvalue weighted by Crippen LogP contribution is -2.24. The molecule has 0 aliphatic rings. The average molecular weight is 414 g/mol. The fourth-order valence-corrected chi connectivity index (χ4v) is 3.37. The van der Waals surface area contributed by atoms with Gasteiger partial charge in [-0.05, 0) is 56.2 Å². The van der Waals surface area contributed by atoms with E-state index in [9.17, 15) is 9.59 Å². The molecule has 0 spiro atoms. The van der Waals surface area contributed by atoms with Crippen molar-refractivity contribution in [3.05, 3.63) is 68.0 Å². The Labute approximate surface area is 160 Å². The summed E-state index contributed by atoms with van der Waals surface area (Å²) in [6.07, 6.45) is 2.49. The minimum atomic E-state index is -0.409. The molecule has 6 heteroatoms. The van der Waals surface area contributed by atoms with Crippen LogP contribution in [0.4, 0.5) is 5.69 Å². The van der Waals surface area contributed by atoms with Gasteiger partial charge in [-0.25, -0.2) is 4.98 Å². The van der Waals surface area contributed by atoms with E-state index < -0.39 is 5.91 Å². The van der Waals surface area contributed by atoms with E-state index in [2.05, 4.69) is 26.2 Å². The standard InChI is InChI=1S/C20H20BrN3O2/c1-4-9-24-11-16(18(25)15-7-5-13(3)22-19(15)24)20(26)23-17-8-6-14(21)10-12(17)2/h5-8,10-11H,4,9H2,1-3H3,(H,23,26). The third kappa shape index (κ3) is 3.55. The highest BCUT2D eigenvalue weighted by atomic mass is 79.9. The van der Waals surface area contributed by atoms with Gasteiger partial charge >= 0.3 is 0 Å². The molecule has 5 nitrogen and oxygen atoms in total. The van der Waals surface area contributed by atoms with Gasteiger partial charge < -0.3 is 9.88 Å². The van der Waals surface area contributed by atoms with Gasteiger partial charge in [0.05, 0.1) is 5.39 Å². The summed E-state index contributed by atoms with van der Waals surface area (Å²) in [6.45, 7) is 6.52. The molecule has 0 fully saturated rings. The van der Waals surface area contributed by atoms with Crippen molar-refractivity contribution in [1.29, 1.82) is 0 Å². The van der Waals surface area contributed by atoms with Crippen LogP contribution in [-0.4, -0.2) is 15.5 Å². The molecule has 26 heavy (non-hydrogen) atoms. The molecular formula is C20H20BrN3O2. The average Bonchev–Trinajstić information content (AvgIpc) is 2.59. The molecule has 0 saturated heterocycles. The summed E-state index contributed by atoms with van der Waals surface area (Å²) in [5.74, 6) is -0.409. The molecule has 134 valence electrons. The second-order valence-electron chi connectivity index (χ2n) is 6.30. The largest absolute Gasteiger partial charge is 0.331 e. The molecule has 2 aromatic heterocycles. The van der Waals surface area contributed by atoms with Gasteiger partial charge in [-0.2, -0.15) is 0 Å². The molecule has 0 atom stereocenters.